The fraction of sp³-hybridized carbons (Fsp3) is 0.500. The maximum absolute atomic E-state index is 13.8. The molecule has 0 atom stereocenters. The number of benzene rings is 1. The summed E-state index contributed by atoms with van der Waals surface area (Å²) in [5.74, 6) is -2.11. The molecular weight excluding hydrogens is 290 g/mol. The summed E-state index contributed by atoms with van der Waals surface area (Å²) >= 11 is 0. The van der Waals surface area contributed by atoms with Crippen LogP contribution in [0.5, 0.6) is 0 Å². The Morgan fingerprint density at radius 2 is 2.00 bits per heavy atom. The van der Waals surface area contributed by atoms with Crippen LogP contribution in [-0.2, 0) is 14.8 Å². The molecule has 1 aliphatic carbocycles. The van der Waals surface area contributed by atoms with Gasteiger partial charge in [0.05, 0.1) is 12.3 Å². The number of rotatable bonds is 6. The second-order valence-corrected chi connectivity index (χ2v) is 6.50. The number of nitrogens with two attached hydrogens (primary N) is 1. The summed E-state index contributed by atoms with van der Waals surface area (Å²) in [6.45, 7) is 0.328. The van der Waals surface area contributed by atoms with Crippen LogP contribution in [0.3, 0.4) is 0 Å². The van der Waals surface area contributed by atoms with Crippen LogP contribution >= 0.6 is 0 Å². The second-order valence-electron chi connectivity index (χ2n) is 4.64. The summed E-state index contributed by atoms with van der Waals surface area (Å²) in [6.07, 6.45) is 1.45. The summed E-state index contributed by atoms with van der Waals surface area (Å²) < 4.78 is 57.9. The number of anilines is 1. The van der Waals surface area contributed by atoms with Gasteiger partial charge in [-0.25, -0.2) is 17.2 Å². The van der Waals surface area contributed by atoms with Crippen LogP contribution in [0.15, 0.2) is 17.0 Å². The third kappa shape index (κ3) is 2.92. The third-order valence-electron chi connectivity index (χ3n) is 3.11. The van der Waals surface area contributed by atoms with Crippen molar-refractivity contribution in [1.82, 2.24) is 4.31 Å². The number of nitrogen functional groups attached to an aromatic ring is 1. The zero-order valence-electron chi connectivity index (χ0n) is 11.0. The topological polar surface area (TPSA) is 72.6 Å². The van der Waals surface area contributed by atoms with Crippen molar-refractivity contribution in [2.45, 2.75) is 23.8 Å². The van der Waals surface area contributed by atoms with E-state index in [-0.39, 0.29) is 19.2 Å². The lowest BCUT2D eigenvalue weighted by atomic mass is 10.3. The molecule has 0 unspecified atom stereocenters. The number of hydrogen-bond donors (Lipinski definition) is 1. The summed E-state index contributed by atoms with van der Waals surface area (Å²) in [4.78, 5) is -0.598. The van der Waals surface area contributed by atoms with E-state index in [1.165, 1.54) is 11.4 Å². The Morgan fingerprint density at radius 1 is 1.35 bits per heavy atom. The van der Waals surface area contributed by atoms with Gasteiger partial charge in [0.1, 0.15) is 16.5 Å². The minimum absolute atomic E-state index is 0.125. The first-order valence-electron chi connectivity index (χ1n) is 6.13. The van der Waals surface area contributed by atoms with Crippen LogP contribution < -0.4 is 5.73 Å². The number of methoxy groups -OCH3 is 1. The maximum Gasteiger partial charge on any atom is 0.246 e. The van der Waals surface area contributed by atoms with Gasteiger partial charge < -0.3 is 10.5 Å². The van der Waals surface area contributed by atoms with Gasteiger partial charge in [-0.2, -0.15) is 4.31 Å². The fourth-order valence-corrected chi connectivity index (χ4v) is 3.66. The van der Waals surface area contributed by atoms with Gasteiger partial charge in [-0.15, -0.1) is 0 Å². The lowest BCUT2D eigenvalue weighted by Gasteiger charge is -2.22. The predicted molar refractivity (Wildman–Crippen MR) is 69.6 cm³/mol. The molecule has 0 amide bonds. The lowest BCUT2D eigenvalue weighted by molar-refractivity contribution is 0.177. The van der Waals surface area contributed by atoms with Gasteiger partial charge in [-0.1, -0.05) is 0 Å². The Hall–Kier alpha value is -1.25. The molecule has 0 heterocycles. The molecule has 20 heavy (non-hydrogen) atoms. The molecule has 0 radical (unpaired) electrons. The molecule has 0 saturated heterocycles. The first-order valence-corrected chi connectivity index (χ1v) is 7.57. The van der Waals surface area contributed by atoms with Gasteiger partial charge in [-0.3, -0.25) is 0 Å². The van der Waals surface area contributed by atoms with Crippen molar-refractivity contribution >= 4 is 15.7 Å². The zero-order valence-corrected chi connectivity index (χ0v) is 11.8. The van der Waals surface area contributed by atoms with Crippen molar-refractivity contribution in [3.8, 4) is 0 Å². The third-order valence-corrected chi connectivity index (χ3v) is 5.07. The van der Waals surface area contributed by atoms with Gasteiger partial charge >= 0.3 is 0 Å². The summed E-state index contributed by atoms with van der Waals surface area (Å²) in [5, 5.41) is 0. The predicted octanol–water partition coefficient (Wildman–Crippen LogP) is 1.35. The molecule has 112 valence electrons. The van der Waals surface area contributed by atoms with Gasteiger partial charge in [0, 0.05) is 25.8 Å². The number of hydrogen-bond acceptors (Lipinski definition) is 4. The summed E-state index contributed by atoms with van der Waals surface area (Å²) in [6, 6.07) is 1.16. The van der Waals surface area contributed by atoms with E-state index in [1.54, 1.807) is 0 Å². The number of ether oxygens (including phenoxy) is 1. The minimum Gasteiger partial charge on any atom is -0.396 e. The number of nitrogens with zero attached hydrogens (tertiary/aromatic N) is 1. The van der Waals surface area contributed by atoms with Crippen molar-refractivity contribution in [2.24, 2.45) is 0 Å². The van der Waals surface area contributed by atoms with E-state index in [2.05, 4.69) is 0 Å². The Bertz CT molecular complexity index is 603. The number of halogens is 2. The van der Waals surface area contributed by atoms with E-state index in [0.29, 0.717) is 6.07 Å². The van der Waals surface area contributed by atoms with E-state index >= 15 is 0 Å². The maximum atomic E-state index is 13.8. The standard InChI is InChI=1S/C12H16F2N2O3S/c1-19-5-4-16(8-2-3-8)20(17,18)12-7-11(15)9(13)6-10(12)14/h6-8H,2-5,15H2,1H3. The van der Waals surface area contributed by atoms with Crippen molar-refractivity contribution < 1.29 is 21.9 Å². The molecule has 8 heteroatoms. The molecule has 0 spiro atoms. The molecule has 0 aliphatic heterocycles. The Kier molecular flexibility index (Phi) is 4.26. The summed E-state index contributed by atoms with van der Waals surface area (Å²) in [7, 11) is -2.60. The van der Waals surface area contributed by atoms with Crippen LogP contribution in [0.4, 0.5) is 14.5 Å². The SMILES string of the molecule is COCCN(C1CC1)S(=O)(=O)c1cc(N)c(F)cc1F. The highest BCUT2D eigenvalue weighted by Gasteiger charge is 2.39. The fourth-order valence-electron chi connectivity index (χ4n) is 1.91. The van der Waals surface area contributed by atoms with E-state index in [9.17, 15) is 17.2 Å². The minimum atomic E-state index is -4.05. The van der Waals surface area contributed by atoms with Gasteiger partial charge in [0.15, 0.2) is 0 Å². The van der Waals surface area contributed by atoms with Crippen molar-refractivity contribution in [3.05, 3.63) is 23.8 Å². The monoisotopic (exact) mass is 306 g/mol. The highest BCUT2D eigenvalue weighted by atomic mass is 32.2. The van der Waals surface area contributed by atoms with Crippen molar-refractivity contribution in [1.29, 1.82) is 0 Å². The average Bonchev–Trinajstić information content (AvgIpc) is 3.18. The molecule has 1 saturated carbocycles. The summed E-state index contributed by atoms with van der Waals surface area (Å²) in [5.41, 5.74) is 4.93. The second kappa shape index (κ2) is 5.63. The van der Waals surface area contributed by atoms with Crippen molar-refractivity contribution in [3.63, 3.8) is 0 Å². The van der Waals surface area contributed by atoms with E-state index in [1.807, 2.05) is 0 Å². The molecule has 0 bridgehead atoms. The van der Waals surface area contributed by atoms with E-state index in [0.717, 1.165) is 18.9 Å². The molecule has 5 nitrogen and oxygen atoms in total. The van der Waals surface area contributed by atoms with E-state index in [4.69, 9.17) is 10.5 Å². The largest absolute Gasteiger partial charge is 0.396 e. The van der Waals surface area contributed by atoms with Gasteiger partial charge in [0.2, 0.25) is 10.0 Å². The molecule has 1 fully saturated rings. The molecule has 1 aromatic rings. The lowest BCUT2D eigenvalue weighted by Crippen LogP contribution is -2.36. The first-order chi connectivity index (χ1) is 9.37. The van der Waals surface area contributed by atoms with Crippen molar-refractivity contribution in [2.75, 3.05) is 26.0 Å². The number of sulfonamides is 1. The highest BCUT2D eigenvalue weighted by molar-refractivity contribution is 7.89. The Morgan fingerprint density at radius 3 is 2.55 bits per heavy atom. The molecule has 0 aromatic heterocycles. The molecular formula is C12H16F2N2O3S. The quantitative estimate of drug-likeness (QED) is 0.805. The van der Waals surface area contributed by atoms with Crippen LogP contribution in [0.2, 0.25) is 0 Å². The van der Waals surface area contributed by atoms with Gasteiger partial charge in [-0.05, 0) is 18.9 Å². The first kappa shape index (κ1) is 15.1. The molecule has 2 N–H and O–H groups in total. The van der Waals surface area contributed by atoms with Crippen LogP contribution in [0.25, 0.3) is 0 Å². The van der Waals surface area contributed by atoms with Crippen LogP contribution in [0, 0.1) is 11.6 Å². The normalized spacial score (nSPS) is 15.8. The van der Waals surface area contributed by atoms with Crippen LogP contribution in [0.1, 0.15) is 12.8 Å². The van der Waals surface area contributed by atoms with E-state index < -0.39 is 32.2 Å². The van der Waals surface area contributed by atoms with Crippen LogP contribution in [-0.4, -0.2) is 39.0 Å². The average molecular weight is 306 g/mol. The molecule has 2 rings (SSSR count). The Balaban J connectivity index is 2.39. The molecule has 1 aliphatic rings. The zero-order chi connectivity index (χ0) is 14.9. The highest BCUT2D eigenvalue weighted by Crippen LogP contribution is 2.33. The smallest absolute Gasteiger partial charge is 0.246 e. The molecule has 1 aromatic carbocycles. The Labute approximate surface area is 116 Å². The van der Waals surface area contributed by atoms with Gasteiger partial charge in [0.25, 0.3) is 0 Å².